The van der Waals surface area contributed by atoms with Gasteiger partial charge in [-0.2, -0.15) is 0 Å². The van der Waals surface area contributed by atoms with Crippen molar-refractivity contribution < 1.29 is 4.79 Å². The molecule has 1 saturated carbocycles. The maximum atomic E-state index is 12.7. The van der Waals surface area contributed by atoms with Crippen molar-refractivity contribution in [3.63, 3.8) is 0 Å². The van der Waals surface area contributed by atoms with Crippen molar-refractivity contribution in [3.8, 4) is 0 Å². The van der Waals surface area contributed by atoms with Crippen LogP contribution in [0.3, 0.4) is 0 Å². The summed E-state index contributed by atoms with van der Waals surface area (Å²) in [5, 5.41) is 3.32. The maximum Gasteiger partial charge on any atom is 0.237 e. The Balaban J connectivity index is 1.50. The van der Waals surface area contributed by atoms with Gasteiger partial charge >= 0.3 is 0 Å². The average Bonchev–Trinajstić information content (AvgIpc) is 2.65. The molecule has 1 aromatic heterocycles. The second kappa shape index (κ2) is 8.13. The maximum absolute atomic E-state index is 12.7. The summed E-state index contributed by atoms with van der Waals surface area (Å²) in [4.78, 5) is 25.8. The number of carbonyl (C=O) groups is 1. The Hall–Kier alpha value is -1.69. The summed E-state index contributed by atoms with van der Waals surface area (Å²) in [6.45, 7) is 10.1. The van der Waals surface area contributed by atoms with Crippen molar-refractivity contribution in [2.24, 2.45) is 11.8 Å². The van der Waals surface area contributed by atoms with E-state index in [4.69, 9.17) is 0 Å². The molecule has 1 aliphatic heterocycles. The molecular formula is C19H31N5O. The lowest BCUT2D eigenvalue weighted by Gasteiger charge is -2.39. The van der Waals surface area contributed by atoms with Crippen LogP contribution in [-0.2, 0) is 4.79 Å². The first-order chi connectivity index (χ1) is 12.1. The summed E-state index contributed by atoms with van der Waals surface area (Å²) in [6.07, 6.45) is 7.17. The minimum atomic E-state index is -0.0803. The van der Waals surface area contributed by atoms with Crippen LogP contribution >= 0.6 is 0 Å². The molecule has 2 fully saturated rings. The number of anilines is 1. The van der Waals surface area contributed by atoms with Crippen LogP contribution < -0.4 is 10.2 Å². The van der Waals surface area contributed by atoms with Gasteiger partial charge in [0.2, 0.25) is 11.9 Å². The number of amides is 1. The quantitative estimate of drug-likeness (QED) is 0.903. The van der Waals surface area contributed by atoms with E-state index in [1.807, 2.05) is 13.0 Å². The number of hydrogen-bond donors (Lipinski definition) is 1. The number of piperazine rings is 1. The van der Waals surface area contributed by atoms with Crippen molar-refractivity contribution in [3.05, 3.63) is 18.5 Å². The molecule has 2 aliphatic rings. The van der Waals surface area contributed by atoms with Gasteiger partial charge in [-0.15, -0.1) is 0 Å². The molecule has 1 aromatic rings. The minimum Gasteiger partial charge on any atom is -0.352 e. The first-order valence-corrected chi connectivity index (χ1v) is 9.62. The molecule has 138 valence electrons. The number of nitrogens with zero attached hydrogens (tertiary/aromatic N) is 4. The molecule has 0 unspecified atom stereocenters. The van der Waals surface area contributed by atoms with Crippen LogP contribution in [0.5, 0.6) is 0 Å². The Labute approximate surface area is 151 Å². The van der Waals surface area contributed by atoms with Gasteiger partial charge < -0.3 is 10.2 Å². The van der Waals surface area contributed by atoms with E-state index in [1.165, 1.54) is 12.8 Å². The van der Waals surface area contributed by atoms with Gasteiger partial charge in [-0.1, -0.05) is 26.7 Å². The van der Waals surface area contributed by atoms with Gasteiger partial charge in [0, 0.05) is 44.6 Å². The van der Waals surface area contributed by atoms with Crippen molar-refractivity contribution in [1.29, 1.82) is 0 Å². The van der Waals surface area contributed by atoms with Crippen molar-refractivity contribution >= 4 is 11.9 Å². The fourth-order valence-corrected chi connectivity index (χ4v) is 4.02. The highest BCUT2D eigenvalue weighted by molar-refractivity contribution is 5.81. The minimum absolute atomic E-state index is 0.0803. The molecule has 0 radical (unpaired) electrons. The lowest BCUT2D eigenvalue weighted by Crippen LogP contribution is -2.56. The third-order valence-corrected chi connectivity index (χ3v) is 6.11. The topological polar surface area (TPSA) is 61.4 Å². The molecule has 1 N–H and O–H groups in total. The Morgan fingerprint density at radius 1 is 1.16 bits per heavy atom. The van der Waals surface area contributed by atoms with Crippen LogP contribution in [0.15, 0.2) is 18.5 Å². The van der Waals surface area contributed by atoms with Gasteiger partial charge in [-0.25, -0.2) is 9.97 Å². The summed E-state index contributed by atoms with van der Waals surface area (Å²) in [6, 6.07) is 2.08. The first-order valence-electron chi connectivity index (χ1n) is 9.62. The van der Waals surface area contributed by atoms with E-state index in [-0.39, 0.29) is 11.9 Å². The third-order valence-electron chi connectivity index (χ3n) is 6.11. The third kappa shape index (κ3) is 4.29. The molecule has 0 spiro atoms. The second-order valence-electron chi connectivity index (χ2n) is 7.63. The predicted octanol–water partition coefficient (Wildman–Crippen LogP) is 1.93. The molecule has 1 amide bonds. The fourth-order valence-electron chi connectivity index (χ4n) is 4.02. The predicted molar refractivity (Wildman–Crippen MR) is 99.4 cm³/mol. The fraction of sp³-hybridized carbons (Fsp3) is 0.737. The van der Waals surface area contributed by atoms with Crippen molar-refractivity contribution in [2.75, 3.05) is 31.1 Å². The Kier molecular flexibility index (Phi) is 5.89. The lowest BCUT2D eigenvalue weighted by molar-refractivity contribution is -0.127. The number of carbonyl (C=O) groups excluding carboxylic acids is 1. The van der Waals surface area contributed by atoms with Crippen LogP contribution in [0.2, 0.25) is 0 Å². The number of nitrogens with one attached hydrogen (secondary N) is 1. The summed E-state index contributed by atoms with van der Waals surface area (Å²) in [5.41, 5.74) is 0. The number of hydrogen-bond acceptors (Lipinski definition) is 5. The molecule has 25 heavy (non-hydrogen) atoms. The molecule has 6 heteroatoms. The largest absolute Gasteiger partial charge is 0.352 e. The SMILES string of the molecule is C[C@H]1[C@H](C)CCC[C@@H]1NC(=O)[C@@H](C)N1CCN(c2ncccn2)CC1. The molecule has 3 rings (SSSR count). The molecule has 0 bridgehead atoms. The molecule has 1 saturated heterocycles. The zero-order valence-electron chi connectivity index (χ0n) is 15.7. The molecule has 0 aromatic carbocycles. The van der Waals surface area contributed by atoms with E-state index < -0.39 is 0 Å². The van der Waals surface area contributed by atoms with Gasteiger partial charge in [0.05, 0.1) is 6.04 Å². The van der Waals surface area contributed by atoms with E-state index in [1.54, 1.807) is 12.4 Å². The van der Waals surface area contributed by atoms with Crippen LogP contribution in [-0.4, -0.2) is 59.0 Å². The summed E-state index contributed by atoms with van der Waals surface area (Å²) >= 11 is 0. The van der Waals surface area contributed by atoms with Gasteiger partial charge in [0.25, 0.3) is 0 Å². The van der Waals surface area contributed by atoms with E-state index in [0.29, 0.717) is 17.9 Å². The normalized spacial score (nSPS) is 29.2. The Morgan fingerprint density at radius 3 is 2.52 bits per heavy atom. The van der Waals surface area contributed by atoms with E-state index in [9.17, 15) is 4.79 Å². The summed E-state index contributed by atoms with van der Waals surface area (Å²) in [5.74, 6) is 2.22. The van der Waals surface area contributed by atoms with E-state index in [2.05, 4.69) is 38.9 Å². The van der Waals surface area contributed by atoms with Crippen LogP contribution in [0.4, 0.5) is 5.95 Å². The molecular weight excluding hydrogens is 314 g/mol. The standard InChI is InChI=1S/C19H31N5O/c1-14-6-4-7-17(15(14)2)22-18(25)16(3)23-10-12-24(13-11-23)19-20-8-5-9-21-19/h5,8-9,14-17H,4,6-7,10-13H2,1-3H3,(H,22,25)/t14-,15+,16-,17+/m1/s1. The highest BCUT2D eigenvalue weighted by Gasteiger charge is 2.31. The zero-order chi connectivity index (χ0) is 17.8. The number of aromatic nitrogens is 2. The molecule has 1 aliphatic carbocycles. The van der Waals surface area contributed by atoms with Gasteiger partial charge in [-0.05, 0) is 31.2 Å². The van der Waals surface area contributed by atoms with Gasteiger partial charge in [-0.3, -0.25) is 9.69 Å². The van der Waals surface area contributed by atoms with Gasteiger partial charge in [0.1, 0.15) is 0 Å². The van der Waals surface area contributed by atoms with E-state index >= 15 is 0 Å². The van der Waals surface area contributed by atoms with Gasteiger partial charge in [0.15, 0.2) is 0 Å². The average molecular weight is 345 g/mol. The first kappa shape index (κ1) is 18.1. The smallest absolute Gasteiger partial charge is 0.237 e. The monoisotopic (exact) mass is 345 g/mol. The lowest BCUT2D eigenvalue weighted by atomic mass is 9.78. The Morgan fingerprint density at radius 2 is 1.84 bits per heavy atom. The molecule has 4 atom stereocenters. The zero-order valence-corrected chi connectivity index (χ0v) is 15.7. The van der Waals surface area contributed by atoms with Crippen molar-refractivity contribution in [1.82, 2.24) is 20.2 Å². The number of rotatable bonds is 4. The van der Waals surface area contributed by atoms with Crippen molar-refractivity contribution in [2.45, 2.75) is 52.1 Å². The van der Waals surface area contributed by atoms with E-state index in [0.717, 1.165) is 38.5 Å². The summed E-state index contributed by atoms with van der Waals surface area (Å²) in [7, 11) is 0. The molecule has 6 nitrogen and oxygen atoms in total. The second-order valence-corrected chi connectivity index (χ2v) is 7.63. The summed E-state index contributed by atoms with van der Waals surface area (Å²) < 4.78 is 0. The van der Waals surface area contributed by atoms with Crippen LogP contribution in [0.25, 0.3) is 0 Å². The Bertz CT molecular complexity index is 558. The highest BCUT2D eigenvalue weighted by atomic mass is 16.2. The van der Waals surface area contributed by atoms with Crippen LogP contribution in [0, 0.1) is 11.8 Å². The highest BCUT2D eigenvalue weighted by Crippen LogP contribution is 2.29. The van der Waals surface area contributed by atoms with Crippen LogP contribution in [0.1, 0.15) is 40.0 Å². The molecule has 2 heterocycles.